The number of likely N-dealkylation sites (tertiary alicyclic amines) is 2. The Labute approximate surface area is 311 Å². The Morgan fingerprint density at radius 2 is 1.64 bits per heavy atom. The quantitative estimate of drug-likeness (QED) is 0.0492. The van der Waals surface area contributed by atoms with Crippen LogP contribution in [-0.2, 0) is 44.4 Å². The van der Waals surface area contributed by atoms with E-state index in [-0.39, 0.29) is 30.5 Å². The minimum Gasteiger partial charge on any atom is -0.391 e. The van der Waals surface area contributed by atoms with Crippen LogP contribution in [0.25, 0.3) is 0 Å². The maximum absolute atomic E-state index is 13.7. The van der Waals surface area contributed by atoms with Gasteiger partial charge in [-0.1, -0.05) is 33.4 Å². The van der Waals surface area contributed by atoms with Crippen LogP contribution in [0.1, 0.15) is 39.5 Å². The van der Waals surface area contributed by atoms with Crippen LogP contribution in [0.3, 0.4) is 0 Å². The molecule has 2 rings (SSSR count). The molecule has 0 spiro atoms. The van der Waals surface area contributed by atoms with Gasteiger partial charge in [-0.2, -0.15) is 0 Å². The van der Waals surface area contributed by atoms with Crippen LogP contribution in [0.2, 0.25) is 0 Å². The first-order valence-electron chi connectivity index (χ1n) is 17.3. The van der Waals surface area contributed by atoms with Gasteiger partial charge in [0.2, 0.25) is 41.4 Å². The second kappa shape index (κ2) is 21.3. The van der Waals surface area contributed by atoms with Gasteiger partial charge in [0.1, 0.15) is 24.2 Å². The zero-order chi connectivity index (χ0) is 40.0. The molecule has 2 saturated heterocycles. The topological polar surface area (TPSA) is 328 Å². The van der Waals surface area contributed by atoms with Crippen molar-refractivity contribution in [2.45, 2.75) is 69.8 Å². The van der Waals surface area contributed by atoms with Crippen molar-refractivity contribution in [1.29, 1.82) is 0 Å². The van der Waals surface area contributed by atoms with Gasteiger partial charge in [-0.25, -0.2) is 0 Å². The van der Waals surface area contributed by atoms with E-state index in [1.165, 1.54) is 0 Å². The summed E-state index contributed by atoms with van der Waals surface area (Å²) >= 11 is 0. The predicted molar refractivity (Wildman–Crippen MR) is 194 cm³/mol. The van der Waals surface area contributed by atoms with E-state index in [0.29, 0.717) is 31.1 Å². The van der Waals surface area contributed by atoms with Gasteiger partial charge < -0.3 is 59.5 Å². The van der Waals surface area contributed by atoms with Crippen molar-refractivity contribution in [1.82, 2.24) is 36.4 Å². The molecular formula is C32H55N11O9S. The molecule has 53 heavy (non-hydrogen) atoms. The molecule has 8 atom stereocenters. The summed E-state index contributed by atoms with van der Waals surface area (Å²) in [6.45, 7) is 12.4. The molecule has 0 aliphatic carbocycles. The molecular weight excluding hydrogens is 714 g/mol. The zero-order valence-electron chi connectivity index (χ0n) is 30.3. The van der Waals surface area contributed by atoms with Crippen molar-refractivity contribution in [3.63, 3.8) is 0 Å². The number of hydrogen-bond donors (Lipinski definition) is 10. The molecule has 0 radical (unpaired) electrons. The number of amides is 7. The van der Waals surface area contributed by atoms with Gasteiger partial charge in [0.05, 0.1) is 47.2 Å². The number of rotatable bonds is 22. The number of aliphatic hydroxyl groups is 1. The lowest BCUT2D eigenvalue weighted by Gasteiger charge is -2.28. The maximum atomic E-state index is 13.7. The standard InChI is InChI=1S/C32H55N11O9S/c1-5-17(2)28(41-26(46)11-34)31(50)37-12-27(47)39-23(16-53(52)19(4)38-18(3)13-42-7-6-20(10-33)14-42)30(49)40-22(9-25(35)45)32(51)43-15-21(44)8-24(43)29(36)48/h17,20-24,28,38,44H,3-16,33-34H2,1-2H3,(H2,35,45)(H2,36,48)(H,37,50)(H,39,47)(H,40,49)(H,41,46)/t17-,20?,21+,22-,23-,24-,28-,53?/m0/s1. The van der Waals surface area contributed by atoms with E-state index in [9.17, 15) is 42.9 Å². The number of β-amino-alcohol motifs (C(OH)–C–C–N with tert-alkyl or cyclic N) is 1. The molecule has 0 aromatic carbocycles. The van der Waals surface area contributed by atoms with Crippen LogP contribution >= 0.6 is 0 Å². The number of primary amides is 2. The fourth-order valence-electron chi connectivity index (χ4n) is 5.91. The number of carbonyl (C=O) groups excluding carboxylic acids is 7. The molecule has 21 heteroatoms. The van der Waals surface area contributed by atoms with Crippen molar-refractivity contribution >= 4 is 52.1 Å². The number of nitrogens with two attached hydrogens (primary N) is 4. The van der Waals surface area contributed by atoms with Crippen molar-refractivity contribution in [2.24, 2.45) is 34.8 Å². The Bertz CT molecular complexity index is 1430. The number of nitrogens with zero attached hydrogens (tertiary/aromatic N) is 2. The molecule has 0 saturated carbocycles. The molecule has 7 amide bonds. The van der Waals surface area contributed by atoms with E-state index in [1.54, 1.807) is 13.8 Å². The summed E-state index contributed by atoms with van der Waals surface area (Å²) in [6.07, 6.45) is -0.572. The summed E-state index contributed by atoms with van der Waals surface area (Å²) in [5, 5.41) is 22.5. The normalized spacial score (nSPS) is 21.3. The van der Waals surface area contributed by atoms with Gasteiger partial charge in [-0.15, -0.1) is 0 Å². The van der Waals surface area contributed by atoms with Crippen LogP contribution in [-0.4, -0.2) is 142 Å². The van der Waals surface area contributed by atoms with E-state index in [4.69, 9.17) is 22.9 Å². The average Bonchev–Trinajstić information content (AvgIpc) is 3.73. The fourth-order valence-corrected chi connectivity index (χ4v) is 6.90. The molecule has 2 fully saturated rings. The maximum Gasteiger partial charge on any atom is 0.246 e. The highest BCUT2D eigenvalue weighted by molar-refractivity contribution is 7.89. The second-order valence-corrected chi connectivity index (χ2v) is 14.8. The highest BCUT2D eigenvalue weighted by Gasteiger charge is 2.41. The number of aliphatic hydroxyl groups excluding tert-OH is 1. The smallest absolute Gasteiger partial charge is 0.246 e. The lowest BCUT2D eigenvalue weighted by molar-refractivity contribution is -0.142. The lowest BCUT2D eigenvalue weighted by Crippen LogP contribution is -2.59. The molecule has 0 bridgehead atoms. The monoisotopic (exact) mass is 769 g/mol. The first-order valence-corrected chi connectivity index (χ1v) is 18.6. The summed E-state index contributed by atoms with van der Waals surface area (Å²) < 4.78 is 13.5. The number of nitrogens with one attached hydrogen (secondary N) is 5. The summed E-state index contributed by atoms with van der Waals surface area (Å²) in [7, 11) is -2.06. The largest absolute Gasteiger partial charge is 0.391 e. The van der Waals surface area contributed by atoms with E-state index in [2.05, 4.69) is 44.6 Å². The van der Waals surface area contributed by atoms with Crippen molar-refractivity contribution < 1.29 is 42.9 Å². The molecule has 298 valence electrons. The predicted octanol–water partition coefficient (Wildman–Crippen LogP) is -5.51. The molecule has 2 aliphatic rings. The number of carbonyl (C=O) groups is 7. The Kier molecular flexibility index (Phi) is 18.0. The van der Waals surface area contributed by atoms with Crippen LogP contribution in [0.4, 0.5) is 0 Å². The third-order valence-electron chi connectivity index (χ3n) is 9.01. The summed E-state index contributed by atoms with van der Waals surface area (Å²) in [6, 6.07) is -5.55. The van der Waals surface area contributed by atoms with Crippen LogP contribution in [0.15, 0.2) is 23.9 Å². The highest BCUT2D eigenvalue weighted by Crippen LogP contribution is 2.20. The highest BCUT2D eigenvalue weighted by atomic mass is 32.2. The van der Waals surface area contributed by atoms with Crippen molar-refractivity contribution in [3.8, 4) is 0 Å². The minimum absolute atomic E-state index is 0.0444. The van der Waals surface area contributed by atoms with Gasteiger partial charge in [-0.3, -0.25) is 42.7 Å². The van der Waals surface area contributed by atoms with Crippen LogP contribution in [0, 0.1) is 11.8 Å². The molecule has 0 aromatic rings. The Hall–Kier alpha value is -4.44. The lowest BCUT2D eigenvalue weighted by atomic mass is 9.98. The minimum atomic E-state index is -2.06. The SMILES string of the molecule is C=C(CN1CCC(CN)C1)NC(=C)S(=O)C[C@H](NC(=O)CNC(=O)[C@@H](NC(=O)CN)[C@@H](C)CC)C(=O)N[C@@H](CC(N)=O)C(=O)N1C[C@H](O)C[C@H]1C(N)=O. The third kappa shape index (κ3) is 14.1. The van der Waals surface area contributed by atoms with Crippen LogP contribution in [0.5, 0.6) is 0 Å². The fraction of sp³-hybridized carbons (Fsp3) is 0.656. The van der Waals surface area contributed by atoms with Gasteiger partial charge in [0.25, 0.3) is 0 Å². The molecule has 2 heterocycles. The molecule has 2 aliphatic heterocycles. The molecule has 2 unspecified atom stereocenters. The first-order chi connectivity index (χ1) is 24.9. The Balaban J connectivity index is 2.25. The van der Waals surface area contributed by atoms with E-state index >= 15 is 0 Å². The van der Waals surface area contributed by atoms with E-state index in [1.807, 2.05) is 0 Å². The average molecular weight is 770 g/mol. The van der Waals surface area contributed by atoms with Crippen molar-refractivity contribution in [3.05, 3.63) is 23.9 Å². The second-order valence-electron chi connectivity index (χ2n) is 13.3. The summed E-state index contributed by atoms with van der Waals surface area (Å²) in [5.41, 5.74) is 22.4. The van der Waals surface area contributed by atoms with E-state index < -0.39 is 101 Å². The van der Waals surface area contributed by atoms with Gasteiger partial charge in [-0.05, 0) is 31.3 Å². The zero-order valence-corrected chi connectivity index (χ0v) is 31.1. The van der Waals surface area contributed by atoms with E-state index in [0.717, 1.165) is 24.4 Å². The first kappa shape index (κ1) is 44.7. The molecule has 20 nitrogen and oxygen atoms in total. The van der Waals surface area contributed by atoms with Gasteiger partial charge >= 0.3 is 0 Å². The Morgan fingerprint density at radius 3 is 2.21 bits per heavy atom. The molecule has 14 N–H and O–H groups in total. The van der Waals surface area contributed by atoms with Crippen LogP contribution < -0.4 is 49.5 Å². The third-order valence-corrected chi connectivity index (χ3v) is 10.3. The van der Waals surface area contributed by atoms with Gasteiger partial charge in [0, 0.05) is 31.8 Å². The summed E-state index contributed by atoms with van der Waals surface area (Å²) in [4.78, 5) is 92.2. The number of hydrogen-bond acceptors (Lipinski definition) is 13. The Morgan fingerprint density at radius 1 is 0.962 bits per heavy atom. The summed E-state index contributed by atoms with van der Waals surface area (Å²) in [5.74, 6) is -6.72. The van der Waals surface area contributed by atoms with Gasteiger partial charge in [0.15, 0.2) is 0 Å². The van der Waals surface area contributed by atoms with Crippen molar-refractivity contribution in [2.75, 3.05) is 51.6 Å². The molecule has 0 aromatic heterocycles.